The van der Waals surface area contributed by atoms with Crippen LogP contribution in [0.25, 0.3) is 0 Å². The Bertz CT molecular complexity index is 799. The number of ether oxygens (including phenoxy) is 1. The number of carbonyl (C=O) groups excluding carboxylic acids is 1. The molecule has 0 radical (unpaired) electrons. The Kier molecular flexibility index (Phi) is 5.22. The number of likely N-dealkylation sites (tertiary alicyclic amines) is 1. The van der Waals surface area contributed by atoms with E-state index in [9.17, 15) is 14.7 Å². The van der Waals surface area contributed by atoms with Crippen molar-refractivity contribution in [2.45, 2.75) is 38.7 Å². The van der Waals surface area contributed by atoms with E-state index in [1.54, 1.807) is 29.5 Å². The van der Waals surface area contributed by atoms with Crippen molar-refractivity contribution in [1.82, 2.24) is 14.9 Å². The molecule has 1 fully saturated rings. The smallest absolute Gasteiger partial charge is 0.348 e. The molecule has 0 aliphatic carbocycles. The number of rotatable bonds is 5. The van der Waals surface area contributed by atoms with Gasteiger partial charge in [-0.05, 0) is 26.0 Å². The molecule has 0 atom stereocenters. The van der Waals surface area contributed by atoms with Crippen LogP contribution in [0, 0.1) is 13.8 Å². The van der Waals surface area contributed by atoms with Crippen LogP contribution in [0.2, 0.25) is 0 Å². The number of piperidine rings is 1. The van der Waals surface area contributed by atoms with E-state index in [-0.39, 0.29) is 25.2 Å². The average molecular weight is 375 g/mol. The van der Waals surface area contributed by atoms with Gasteiger partial charge in [0.2, 0.25) is 11.5 Å². The van der Waals surface area contributed by atoms with Crippen molar-refractivity contribution in [1.29, 1.82) is 0 Å². The lowest BCUT2D eigenvalue weighted by Gasteiger charge is -2.39. The second kappa shape index (κ2) is 7.41. The van der Waals surface area contributed by atoms with E-state index in [1.807, 2.05) is 12.3 Å². The van der Waals surface area contributed by atoms with Gasteiger partial charge in [-0.15, -0.1) is 11.3 Å². The number of hydrogen-bond donors (Lipinski definition) is 1. The first-order valence-electron chi connectivity index (χ1n) is 8.41. The van der Waals surface area contributed by atoms with Crippen LogP contribution in [-0.2, 0) is 16.0 Å². The molecular weight excluding hydrogens is 354 g/mol. The van der Waals surface area contributed by atoms with Crippen LogP contribution in [0.15, 0.2) is 23.0 Å². The van der Waals surface area contributed by atoms with Crippen molar-refractivity contribution in [2.24, 2.45) is 0 Å². The molecule has 1 aliphatic rings. The van der Waals surface area contributed by atoms with Crippen LogP contribution in [0.5, 0.6) is 5.75 Å². The Hall–Kier alpha value is -2.48. The number of pyridine rings is 1. The molecular formula is C18H21N3O4S. The first kappa shape index (κ1) is 18.3. The van der Waals surface area contributed by atoms with Gasteiger partial charge in [0.25, 0.3) is 0 Å². The van der Waals surface area contributed by atoms with Gasteiger partial charge in [-0.1, -0.05) is 0 Å². The monoisotopic (exact) mass is 375 g/mol. The van der Waals surface area contributed by atoms with Crippen molar-refractivity contribution >= 4 is 23.2 Å². The zero-order chi connectivity index (χ0) is 18.7. The summed E-state index contributed by atoms with van der Waals surface area (Å²) in [5.41, 5.74) is 2.61. The molecule has 138 valence electrons. The van der Waals surface area contributed by atoms with Gasteiger partial charge in [0, 0.05) is 37.0 Å². The Labute approximate surface area is 155 Å². The molecule has 1 amide bonds. The fourth-order valence-electron chi connectivity index (χ4n) is 3.06. The second-order valence-electron chi connectivity index (χ2n) is 6.48. The summed E-state index contributed by atoms with van der Waals surface area (Å²) < 4.78 is 5.91. The third kappa shape index (κ3) is 3.85. The van der Waals surface area contributed by atoms with E-state index >= 15 is 0 Å². The zero-order valence-corrected chi connectivity index (χ0v) is 15.6. The van der Waals surface area contributed by atoms with Crippen molar-refractivity contribution < 1.29 is 19.4 Å². The van der Waals surface area contributed by atoms with Gasteiger partial charge in [-0.2, -0.15) is 0 Å². The summed E-state index contributed by atoms with van der Waals surface area (Å²) in [4.78, 5) is 34.5. The molecule has 2 aromatic heterocycles. The zero-order valence-electron chi connectivity index (χ0n) is 14.8. The molecule has 26 heavy (non-hydrogen) atoms. The number of nitrogens with zero attached hydrogens (tertiary/aromatic N) is 3. The van der Waals surface area contributed by atoms with Crippen molar-refractivity contribution in [2.75, 3.05) is 13.1 Å². The van der Waals surface area contributed by atoms with Crippen LogP contribution in [-0.4, -0.2) is 50.5 Å². The van der Waals surface area contributed by atoms with E-state index in [2.05, 4.69) is 9.97 Å². The summed E-state index contributed by atoms with van der Waals surface area (Å²) in [6, 6.07) is 3.55. The average Bonchev–Trinajstić information content (AvgIpc) is 3.11. The molecule has 0 aromatic carbocycles. The number of thiazole rings is 1. The number of carboxylic acid groups (broad SMARTS) is 1. The first-order valence-corrected chi connectivity index (χ1v) is 9.35. The molecule has 0 bridgehead atoms. The Morgan fingerprint density at radius 3 is 2.62 bits per heavy atom. The van der Waals surface area contributed by atoms with Crippen LogP contribution in [0.4, 0.5) is 0 Å². The van der Waals surface area contributed by atoms with Crippen molar-refractivity contribution in [3.05, 3.63) is 40.1 Å². The third-order valence-electron chi connectivity index (χ3n) is 4.61. The van der Waals surface area contributed by atoms with Crippen molar-refractivity contribution in [3.8, 4) is 5.75 Å². The molecule has 1 aliphatic heterocycles. The lowest BCUT2D eigenvalue weighted by Crippen LogP contribution is -2.54. The fraction of sp³-hybridized carbons (Fsp3) is 0.444. The number of aryl methyl sites for hydroxylation is 2. The lowest BCUT2D eigenvalue weighted by molar-refractivity contribution is -0.161. The minimum atomic E-state index is -1.33. The summed E-state index contributed by atoms with van der Waals surface area (Å²) in [5.74, 6) is -0.576. The van der Waals surface area contributed by atoms with E-state index in [0.29, 0.717) is 24.5 Å². The van der Waals surface area contributed by atoms with Crippen LogP contribution in [0.3, 0.4) is 0 Å². The van der Waals surface area contributed by atoms with Gasteiger partial charge < -0.3 is 14.7 Å². The van der Waals surface area contributed by atoms with E-state index in [1.165, 1.54) is 11.3 Å². The number of carbonyl (C=O) groups is 2. The molecule has 0 saturated carbocycles. The summed E-state index contributed by atoms with van der Waals surface area (Å²) in [7, 11) is 0. The molecule has 1 N–H and O–H groups in total. The third-order valence-corrected chi connectivity index (χ3v) is 5.25. The SMILES string of the molecule is Cc1ccc(OC2(C(=O)O)CCN(C(=O)Cc3cscn3)CC2)c(C)n1. The Morgan fingerprint density at radius 1 is 1.31 bits per heavy atom. The highest BCUT2D eigenvalue weighted by Crippen LogP contribution is 2.31. The van der Waals surface area contributed by atoms with Gasteiger partial charge in [0.05, 0.1) is 23.3 Å². The molecule has 2 aromatic rings. The van der Waals surface area contributed by atoms with Crippen LogP contribution < -0.4 is 4.74 Å². The summed E-state index contributed by atoms with van der Waals surface area (Å²) in [5, 5.41) is 11.6. The van der Waals surface area contributed by atoms with E-state index in [4.69, 9.17) is 4.74 Å². The van der Waals surface area contributed by atoms with Gasteiger partial charge in [0.15, 0.2) is 0 Å². The molecule has 3 rings (SSSR count). The standard InChI is InChI=1S/C18H21N3O4S/c1-12-3-4-15(13(2)20-12)25-18(17(23)24)5-7-21(8-6-18)16(22)9-14-10-26-11-19-14/h3-4,10-11H,5-9H2,1-2H3,(H,23,24). The topological polar surface area (TPSA) is 92.6 Å². The predicted molar refractivity (Wildman–Crippen MR) is 96.3 cm³/mol. The highest BCUT2D eigenvalue weighted by Gasteiger charge is 2.45. The summed E-state index contributed by atoms with van der Waals surface area (Å²) >= 11 is 1.45. The number of hydrogen-bond acceptors (Lipinski definition) is 6. The molecule has 8 heteroatoms. The summed E-state index contributed by atoms with van der Waals surface area (Å²) in [6.45, 7) is 4.35. The predicted octanol–water partition coefficient (Wildman–Crippen LogP) is 2.22. The van der Waals surface area contributed by atoms with Gasteiger partial charge in [-0.25, -0.2) is 9.78 Å². The summed E-state index contributed by atoms with van der Waals surface area (Å²) in [6.07, 6.45) is 0.711. The van der Waals surface area contributed by atoms with Crippen LogP contribution >= 0.6 is 11.3 Å². The lowest BCUT2D eigenvalue weighted by atomic mass is 9.90. The molecule has 0 spiro atoms. The maximum Gasteiger partial charge on any atom is 0.348 e. The second-order valence-corrected chi connectivity index (χ2v) is 7.19. The number of carboxylic acids is 1. The number of aromatic nitrogens is 2. The first-order chi connectivity index (χ1) is 12.4. The quantitative estimate of drug-likeness (QED) is 0.861. The largest absolute Gasteiger partial charge is 0.478 e. The minimum Gasteiger partial charge on any atom is -0.478 e. The van der Waals surface area contributed by atoms with E-state index < -0.39 is 11.6 Å². The van der Waals surface area contributed by atoms with E-state index in [0.717, 1.165) is 11.4 Å². The molecule has 1 saturated heterocycles. The Balaban J connectivity index is 1.68. The van der Waals surface area contributed by atoms with Gasteiger partial charge >= 0.3 is 5.97 Å². The number of amides is 1. The molecule has 7 nitrogen and oxygen atoms in total. The van der Waals surface area contributed by atoms with Gasteiger partial charge in [0.1, 0.15) is 5.75 Å². The molecule has 0 unspecified atom stereocenters. The number of aliphatic carboxylic acids is 1. The maximum atomic E-state index is 12.4. The minimum absolute atomic E-state index is 0.0388. The highest BCUT2D eigenvalue weighted by molar-refractivity contribution is 7.07. The maximum absolute atomic E-state index is 12.4. The molecule has 3 heterocycles. The highest BCUT2D eigenvalue weighted by atomic mass is 32.1. The van der Waals surface area contributed by atoms with Gasteiger partial charge in [-0.3, -0.25) is 9.78 Å². The normalized spacial score (nSPS) is 16.3. The van der Waals surface area contributed by atoms with Crippen LogP contribution in [0.1, 0.15) is 29.9 Å². The fourth-order valence-corrected chi connectivity index (χ4v) is 3.62. The Morgan fingerprint density at radius 2 is 2.04 bits per heavy atom. The van der Waals surface area contributed by atoms with Crippen molar-refractivity contribution in [3.63, 3.8) is 0 Å².